The van der Waals surface area contributed by atoms with Gasteiger partial charge >= 0.3 is 6.09 Å². The van der Waals surface area contributed by atoms with Gasteiger partial charge in [0.15, 0.2) is 0 Å². The summed E-state index contributed by atoms with van der Waals surface area (Å²) in [5.74, 6) is 0. The molecule has 0 aromatic carbocycles. The smallest absolute Gasteiger partial charge is 0.407 e. The van der Waals surface area contributed by atoms with Gasteiger partial charge in [-0.25, -0.2) is 4.79 Å². The van der Waals surface area contributed by atoms with Crippen LogP contribution in [0, 0.1) is 0 Å². The Balaban J connectivity index is -0.000000196. The van der Waals surface area contributed by atoms with Gasteiger partial charge in [0.2, 0.25) is 0 Å². The number of carbonyl (C=O) groups excluding carboxylic acids is 1. The quantitative estimate of drug-likeness (QED) is 0.619. The molecule has 0 aromatic rings. The molecule has 0 heterocycles. The zero-order valence-electron chi connectivity index (χ0n) is 7.39. The van der Waals surface area contributed by atoms with Crippen molar-refractivity contribution in [3.8, 4) is 0 Å². The zero-order valence-corrected chi connectivity index (χ0v) is 7.39. The summed E-state index contributed by atoms with van der Waals surface area (Å²) in [4.78, 5) is 10.3. The Bertz CT molecular complexity index is 86.5. The molecule has 0 aromatic heterocycles. The van der Waals surface area contributed by atoms with Crippen molar-refractivity contribution in [3.05, 3.63) is 0 Å². The van der Waals surface area contributed by atoms with E-state index in [1.807, 2.05) is 13.8 Å². The maximum Gasteiger partial charge on any atom is 0.407 e. The van der Waals surface area contributed by atoms with Gasteiger partial charge in [0.25, 0.3) is 0 Å². The Morgan fingerprint density at radius 1 is 1.50 bits per heavy atom. The van der Waals surface area contributed by atoms with Gasteiger partial charge in [0.05, 0.1) is 6.10 Å². The van der Waals surface area contributed by atoms with Crippen molar-refractivity contribution in [2.75, 3.05) is 7.05 Å². The molecule has 64 valence electrons. The summed E-state index contributed by atoms with van der Waals surface area (Å²) in [5, 5.41) is 2.34. The minimum Gasteiger partial charge on any atom is -0.447 e. The van der Waals surface area contributed by atoms with E-state index in [2.05, 4.69) is 10.1 Å². The fourth-order valence-electron chi connectivity index (χ4n) is 0.273. The summed E-state index contributed by atoms with van der Waals surface area (Å²) in [6.45, 7) is 7.60. The van der Waals surface area contributed by atoms with Crippen molar-refractivity contribution in [2.45, 2.75) is 33.8 Å². The molecular weight excluding hydrogens is 130 g/mol. The third-order valence-corrected chi connectivity index (χ3v) is 0.547. The highest BCUT2D eigenvalue weighted by Crippen LogP contribution is 1.85. The Kier molecular flexibility index (Phi) is 9.92. The third kappa shape index (κ3) is 10.3. The van der Waals surface area contributed by atoms with E-state index in [9.17, 15) is 4.79 Å². The van der Waals surface area contributed by atoms with Crippen LogP contribution in [-0.2, 0) is 4.74 Å². The summed E-state index contributed by atoms with van der Waals surface area (Å²) >= 11 is 0. The molecule has 0 aliphatic rings. The van der Waals surface area contributed by atoms with Gasteiger partial charge < -0.3 is 10.1 Å². The molecule has 0 atom stereocenters. The predicted octanol–water partition coefficient (Wildman–Crippen LogP) is 2.02. The van der Waals surface area contributed by atoms with Gasteiger partial charge in [-0.15, -0.1) is 0 Å². The van der Waals surface area contributed by atoms with E-state index >= 15 is 0 Å². The van der Waals surface area contributed by atoms with Crippen LogP contribution in [0.1, 0.15) is 29.1 Å². The van der Waals surface area contributed by atoms with Crippen molar-refractivity contribution in [1.82, 2.24) is 5.32 Å². The molecule has 1 amide bonds. The second kappa shape index (κ2) is 8.27. The van der Waals surface area contributed by atoms with Crippen LogP contribution in [0.3, 0.4) is 0 Å². The van der Waals surface area contributed by atoms with Crippen LogP contribution in [0.15, 0.2) is 0 Å². The molecule has 0 spiro atoms. The van der Waals surface area contributed by atoms with Gasteiger partial charge in [-0.3, -0.25) is 0 Å². The first-order chi connectivity index (χ1) is 4.66. The highest BCUT2D eigenvalue weighted by Gasteiger charge is 1.98. The Morgan fingerprint density at radius 3 is 2.00 bits per heavy atom. The molecule has 0 fully saturated rings. The summed E-state index contributed by atoms with van der Waals surface area (Å²) < 4.78 is 4.65. The summed E-state index contributed by atoms with van der Waals surface area (Å²) in [6.07, 6.45) is -0.407. The molecule has 0 rings (SSSR count). The maximum atomic E-state index is 10.3. The Labute approximate surface area is 64.2 Å². The predicted molar refractivity (Wildman–Crippen MR) is 44.1 cm³/mol. The van der Waals surface area contributed by atoms with E-state index in [0.717, 1.165) is 0 Å². The Morgan fingerprint density at radius 2 is 1.90 bits per heavy atom. The standard InChI is InChI=1S/C5H11NO2.C2H6.H2/c1-4(2)8-5(7)6-3;1-2;/h4H,1-3H3,(H,6,7);1-2H3;1H. The van der Waals surface area contributed by atoms with E-state index in [4.69, 9.17) is 0 Å². The molecule has 0 saturated carbocycles. The van der Waals surface area contributed by atoms with E-state index < -0.39 is 0 Å². The minimum atomic E-state index is -0.375. The highest BCUT2D eigenvalue weighted by molar-refractivity contribution is 5.66. The van der Waals surface area contributed by atoms with E-state index in [1.54, 1.807) is 13.8 Å². The molecule has 0 saturated heterocycles. The number of hydrogen-bond acceptors (Lipinski definition) is 2. The van der Waals surface area contributed by atoms with Gasteiger partial charge in [0.1, 0.15) is 0 Å². The normalized spacial score (nSPS) is 7.80. The summed E-state index contributed by atoms with van der Waals surface area (Å²) in [7, 11) is 1.53. The highest BCUT2D eigenvalue weighted by atomic mass is 16.6. The van der Waals surface area contributed by atoms with Crippen molar-refractivity contribution in [1.29, 1.82) is 0 Å². The molecule has 0 aliphatic heterocycles. The first-order valence-corrected chi connectivity index (χ1v) is 3.55. The number of amides is 1. The van der Waals surface area contributed by atoms with Gasteiger partial charge in [-0.05, 0) is 13.8 Å². The number of carbonyl (C=O) groups is 1. The molecule has 3 nitrogen and oxygen atoms in total. The van der Waals surface area contributed by atoms with Crippen LogP contribution >= 0.6 is 0 Å². The maximum absolute atomic E-state index is 10.3. The monoisotopic (exact) mass is 149 g/mol. The molecule has 0 bridgehead atoms. The molecule has 1 N–H and O–H groups in total. The molecule has 0 unspecified atom stereocenters. The number of ether oxygens (including phenoxy) is 1. The zero-order chi connectivity index (χ0) is 8.57. The lowest BCUT2D eigenvalue weighted by molar-refractivity contribution is 0.117. The van der Waals surface area contributed by atoms with Gasteiger partial charge in [0, 0.05) is 8.47 Å². The topological polar surface area (TPSA) is 38.3 Å². The Hall–Kier alpha value is -0.730. The summed E-state index contributed by atoms with van der Waals surface area (Å²) in [6, 6.07) is 0. The SMILES string of the molecule is CC.CNC(=O)OC(C)C.[HH]. The summed E-state index contributed by atoms with van der Waals surface area (Å²) in [5.41, 5.74) is 0. The van der Waals surface area contributed by atoms with Crippen LogP contribution in [0.2, 0.25) is 0 Å². The van der Waals surface area contributed by atoms with E-state index in [-0.39, 0.29) is 13.6 Å². The van der Waals surface area contributed by atoms with Crippen molar-refractivity contribution < 1.29 is 11.0 Å². The number of rotatable bonds is 1. The molecular formula is C7H19NO2. The van der Waals surface area contributed by atoms with Crippen molar-refractivity contribution >= 4 is 6.09 Å². The first kappa shape index (κ1) is 12.0. The van der Waals surface area contributed by atoms with Crippen LogP contribution in [-0.4, -0.2) is 19.2 Å². The lowest BCUT2D eigenvalue weighted by Crippen LogP contribution is -2.22. The van der Waals surface area contributed by atoms with Gasteiger partial charge in [-0.1, -0.05) is 13.8 Å². The molecule has 10 heavy (non-hydrogen) atoms. The van der Waals surface area contributed by atoms with Crippen LogP contribution in [0.25, 0.3) is 0 Å². The lowest BCUT2D eigenvalue weighted by Gasteiger charge is -2.04. The molecule has 3 heteroatoms. The van der Waals surface area contributed by atoms with Crippen LogP contribution in [0.5, 0.6) is 0 Å². The fourth-order valence-corrected chi connectivity index (χ4v) is 0.273. The van der Waals surface area contributed by atoms with Crippen molar-refractivity contribution in [3.63, 3.8) is 0 Å². The van der Waals surface area contributed by atoms with E-state index in [0.29, 0.717) is 0 Å². The number of nitrogens with one attached hydrogen (secondary N) is 1. The van der Waals surface area contributed by atoms with Crippen molar-refractivity contribution in [2.24, 2.45) is 0 Å². The average Bonchev–Trinajstić information content (AvgIpc) is 1.91. The average molecular weight is 149 g/mol. The fraction of sp³-hybridized carbons (Fsp3) is 0.857. The number of hydrogen-bond donors (Lipinski definition) is 1. The van der Waals surface area contributed by atoms with Crippen LogP contribution in [0.4, 0.5) is 4.79 Å². The van der Waals surface area contributed by atoms with Gasteiger partial charge in [-0.2, -0.15) is 0 Å². The van der Waals surface area contributed by atoms with Crippen LogP contribution < -0.4 is 5.32 Å². The molecule has 0 aliphatic carbocycles. The largest absolute Gasteiger partial charge is 0.447 e. The second-order valence-electron chi connectivity index (χ2n) is 1.70. The third-order valence-electron chi connectivity index (χ3n) is 0.547. The minimum absolute atomic E-state index is 0. The second-order valence-corrected chi connectivity index (χ2v) is 1.70. The van der Waals surface area contributed by atoms with E-state index in [1.165, 1.54) is 7.05 Å². The number of alkyl carbamates (subject to hydrolysis) is 1. The lowest BCUT2D eigenvalue weighted by atomic mass is 10.5. The molecule has 0 radical (unpaired) electrons. The first-order valence-electron chi connectivity index (χ1n) is 3.55.